The summed E-state index contributed by atoms with van der Waals surface area (Å²) in [6.45, 7) is 4.43. The number of hydrogen-bond acceptors (Lipinski definition) is 4. The van der Waals surface area contributed by atoms with Gasteiger partial charge in [0.25, 0.3) is 0 Å². The van der Waals surface area contributed by atoms with Gasteiger partial charge in [-0.1, -0.05) is 0 Å². The van der Waals surface area contributed by atoms with Crippen molar-refractivity contribution in [2.45, 2.75) is 32.0 Å². The molecule has 2 unspecified atom stereocenters. The monoisotopic (exact) mass is 203 g/mol. The van der Waals surface area contributed by atoms with E-state index in [1.807, 2.05) is 4.90 Å². The highest BCUT2D eigenvalue weighted by atomic mass is 16.5. The molecule has 1 aliphatic rings. The lowest BCUT2D eigenvalue weighted by Crippen LogP contribution is -2.36. The Hall–Kier alpha value is -0.160. The third kappa shape index (κ3) is 3.92. The van der Waals surface area contributed by atoms with Crippen LogP contribution in [-0.4, -0.2) is 60.2 Å². The summed E-state index contributed by atoms with van der Waals surface area (Å²) in [5.74, 6) is 0. The molecule has 4 heteroatoms. The molecule has 0 saturated carbocycles. The fourth-order valence-electron chi connectivity index (χ4n) is 1.88. The van der Waals surface area contributed by atoms with E-state index in [4.69, 9.17) is 14.9 Å². The molecule has 0 aromatic rings. The summed E-state index contributed by atoms with van der Waals surface area (Å²) in [4.78, 5) is 2.04. The number of ether oxygens (including phenoxy) is 1. The van der Waals surface area contributed by atoms with Gasteiger partial charge in [0.2, 0.25) is 0 Å². The molecule has 1 saturated heterocycles. The number of aliphatic hydroxyl groups is 2. The lowest BCUT2D eigenvalue weighted by Gasteiger charge is -2.23. The Balaban J connectivity index is 2.24. The maximum absolute atomic E-state index is 8.83. The average molecular weight is 203 g/mol. The second-order valence-electron chi connectivity index (χ2n) is 3.89. The maximum atomic E-state index is 8.83. The minimum absolute atomic E-state index is 0.141. The Bertz CT molecular complexity index is 148. The van der Waals surface area contributed by atoms with Gasteiger partial charge in [0.05, 0.1) is 25.4 Å². The van der Waals surface area contributed by atoms with Crippen molar-refractivity contribution < 1.29 is 14.9 Å². The van der Waals surface area contributed by atoms with Crippen LogP contribution in [0.1, 0.15) is 19.8 Å². The molecule has 0 bridgehead atoms. The van der Waals surface area contributed by atoms with Gasteiger partial charge in [-0.25, -0.2) is 0 Å². The lowest BCUT2D eigenvalue weighted by molar-refractivity contribution is 0.0246. The van der Waals surface area contributed by atoms with Crippen molar-refractivity contribution in [3.05, 3.63) is 0 Å². The third-order valence-electron chi connectivity index (χ3n) is 2.61. The van der Waals surface area contributed by atoms with E-state index in [0.29, 0.717) is 19.2 Å². The first-order valence-corrected chi connectivity index (χ1v) is 5.35. The second kappa shape index (κ2) is 6.35. The number of hydrogen-bond donors (Lipinski definition) is 2. The highest BCUT2D eigenvalue weighted by Crippen LogP contribution is 2.19. The van der Waals surface area contributed by atoms with Crippen LogP contribution in [0.3, 0.4) is 0 Å². The molecule has 0 aliphatic carbocycles. The third-order valence-corrected chi connectivity index (χ3v) is 2.61. The lowest BCUT2D eigenvalue weighted by atomic mass is 10.2. The van der Waals surface area contributed by atoms with Gasteiger partial charge < -0.3 is 14.9 Å². The van der Waals surface area contributed by atoms with Gasteiger partial charge in [0.1, 0.15) is 0 Å². The Morgan fingerprint density at radius 3 is 2.29 bits per heavy atom. The van der Waals surface area contributed by atoms with Gasteiger partial charge in [-0.3, -0.25) is 4.90 Å². The fourth-order valence-corrected chi connectivity index (χ4v) is 1.88. The van der Waals surface area contributed by atoms with Crippen molar-refractivity contribution in [2.75, 3.05) is 32.8 Å². The smallest absolute Gasteiger partial charge is 0.0706 e. The van der Waals surface area contributed by atoms with Gasteiger partial charge >= 0.3 is 0 Å². The molecule has 0 spiro atoms. The molecule has 4 nitrogen and oxygen atoms in total. The highest BCUT2D eigenvalue weighted by molar-refractivity contribution is 4.74. The predicted molar refractivity (Wildman–Crippen MR) is 54.2 cm³/mol. The fraction of sp³-hybridized carbons (Fsp3) is 1.00. The van der Waals surface area contributed by atoms with E-state index in [1.165, 1.54) is 0 Å². The van der Waals surface area contributed by atoms with Crippen LogP contribution in [0.15, 0.2) is 0 Å². The molecule has 0 radical (unpaired) electrons. The van der Waals surface area contributed by atoms with Crippen LogP contribution in [0.4, 0.5) is 0 Å². The zero-order valence-corrected chi connectivity index (χ0v) is 8.85. The first-order valence-electron chi connectivity index (χ1n) is 5.35. The standard InChI is InChI=1S/C10H21NO3/c1-9-2-3-10(14-9)8-11(4-6-12)5-7-13/h9-10,12-13H,2-8H2,1H3. The van der Waals surface area contributed by atoms with E-state index < -0.39 is 0 Å². The minimum Gasteiger partial charge on any atom is -0.395 e. The quantitative estimate of drug-likeness (QED) is 0.630. The first kappa shape index (κ1) is 11.9. The Kier molecular flexibility index (Phi) is 5.40. The predicted octanol–water partition coefficient (Wildman–Crippen LogP) is -0.160. The van der Waals surface area contributed by atoms with Gasteiger partial charge in [-0.15, -0.1) is 0 Å². The van der Waals surface area contributed by atoms with E-state index in [-0.39, 0.29) is 19.3 Å². The van der Waals surface area contributed by atoms with Gasteiger partial charge in [-0.05, 0) is 19.8 Å². The summed E-state index contributed by atoms with van der Waals surface area (Å²) in [5, 5.41) is 17.7. The number of aliphatic hydroxyl groups excluding tert-OH is 2. The molecule has 1 aliphatic heterocycles. The molecule has 0 aromatic heterocycles. The second-order valence-corrected chi connectivity index (χ2v) is 3.89. The van der Waals surface area contributed by atoms with Gasteiger partial charge in [-0.2, -0.15) is 0 Å². The van der Waals surface area contributed by atoms with E-state index in [1.54, 1.807) is 0 Å². The van der Waals surface area contributed by atoms with Crippen molar-refractivity contribution in [3.8, 4) is 0 Å². The Morgan fingerprint density at radius 1 is 1.21 bits per heavy atom. The van der Waals surface area contributed by atoms with Crippen molar-refractivity contribution in [2.24, 2.45) is 0 Å². The van der Waals surface area contributed by atoms with E-state index in [2.05, 4.69) is 6.92 Å². The molecule has 2 atom stereocenters. The van der Waals surface area contributed by atoms with Crippen LogP contribution in [0.5, 0.6) is 0 Å². The summed E-state index contributed by atoms with van der Waals surface area (Å²) in [7, 11) is 0. The highest BCUT2D eigenvalue weighted by Gasteiger charge is 2.23. The molecule has 0 amide bonds. The van der Waals surface area contributed by atoms with Crippen LogP contribution >= 0.6 is 0 Å². The summed E-state index contributed by atoms with van der Waals surface area (Å²) in [6.07, 6.45) is 2.86. The van der Waals surface area contributed by atoms with Crippen molar-refractivity contribution in [1.29, 1.82) is 0 Å². The van der Waals surface area contributed by atoms with E-state index in [0.717, 1.165) is 19.4 Å². The molecule has 84 valence electrons. The summed E-state index contributed by atoms with van der Waals surface area (Å²) in [6, 6.07) is 0. The molecular weight excluding hydrogens is 182 g/mol. The average Bonchev–Trinajstić information content (AvgIpc) is 2.52. The molecule has 1 heterocycles. The van der Waals surface area contributed by atoms with Crippen molar-refractivity contribution in [3.63, 3.8) is 0 Å². The zero-order chi connectivity index (χ0) is 10.4. The number of nitrogens with zero attached hydrogens (tertiary/aromatic N) is 1. The Morgan fingerprint density at radius 2 is 1.86 bits per heavy atom. The first-order chi connectivity index (χ1) is 6.76. The largest absolute Gasteiger partial charge is 0.395 e. The van der Waals surface area contributed by atoms with E-state index >= 15 is 0 Å². The van der Waals surface area contributed by atoms with Crippen molar-refractivity contribution >= 4 is 0 Å². The molecule has 2 N–H and O–H groups in total. The molecule has 1 fully saturated rings. The van der Waals surface area contributed by atoms with Crippen molar-refractivity contribution in [1.82, 2.24) is 4.90 Å². The van der Waals surface area contributed by atoms with Crippen LogP contribution in [0.2, 0.25) is 0 Å². The summed E-state index contributed by atoms with van der Waals surface area (Å²) >= 11 is 0. The van der Waals surface area contributed by atoms with Gasteiger partial charge in [0, 0.05) is 19.6 Å². The SMILES string of the molecule is CC1CCC(CN(CCO)CCO)O1. The number of rotatable bonds is 6. The van der Waals surface area contributed by atoms with Crippen LogP contribution in [-0.2, 0) is 4.74 Å². The van der Waals surface area contributed by atoms with Gasteiger partial charge in [0.15, 0.2) is 0 Å². The zero-order valence-electron chi connectivity index (χ0n) is 8.85. The summed E-state index contributed by atoms with van der Waals surface area (Å²) < 4.78 is 5.68. The summed E-state index contributed by atoms with van der Waals surface area (Å²) in [5.41, 5.74) is 0. The van der Waals surface area contributed by atoms with E-state index in [9.17, 15) is 0 Å². The van der Waals surface area contributed by atoms with Crippen LogP contribution in [0, 0.1) is 0 Å². The van der Waals surface area contributed by atoms with Crippen LogP contribution in [0.25, 0.3) is 0 Å². The normalized spacial score (nSPS) is 27.4. The molecule has 0 aromatic carbocycles. The van der Waals surface area contributed by atoms with Crippen LogP contribution < -0.4 is 0 Å². The maximum Gasteiger partial charge on any atom is 0.0706 e. The molecule has 14 heavy (non-hydrogen) atoms. The minimum atomic E-state index is 0.141. The topological polar surface area (TPSA) is 52.9 Å². The Labute approximate surface area is 85.5 Å². The molecule has 1 rings (SSSR count). The molecular formula is C10H21NO3.